The fourth-order valence-corrected chi connectivity index (χ4v) is 2.72. The van der Waals surface area contributed by atoms with Gasteiger partial charge in [0.05, 0.1) is 14.2 Å². The number of amides is 1. The van der Waals surface area contributed by atoms with Gasteiger partial charge in [0.15, 0.2) is 11.5 Å². The van der Waals surface area contributed by atoms with Crippen molar-refractivity contribution in [3.05, 3.63) is 72.8 Å². The summed E-state index contributed by atoms with van der Waals surface area (Å²) in [6.07, 6.45) is 0.330. The molecule has 0 bridgehead atoms. The largest absolute Gasteiger partial charge is 0.493 e. The van der Waals surface area contributed by atoms with Crippen LogP contribution < -0.4 is 24.8 Å². The van der Waals surface area contributed by atoms with Crippen molar-refractivity contribution in [2.24, 2.45) is 0 Å². The van der Waals surface area contributed by atoms with Crippen molar-refractivity contribution in [2.75, 3.05) is 31.4 Å². The summed E-state index contributed by atoms with van der Waals surface area (Å²) < 4.78 is 16.2. The predicted molar refractivity (Wildman–Crippen MR) is 114 cm³/mol. The van der Waals surface area contributed by atoms with Gasteiger partial charge in [-0.05, 0) is 48.5 Å². The van der Waals surface area contributed by atoms with E-state index in [0.717, 1.165) is 17.2 Å². The van der Waals surface area contributed by atoms with Gasteiger partial charge in [0.25, 0.3) is 0 Å². The summed E-state index contributed by atoms with van der Waals surface area (Å²) in [6.45, 7) is 0.512. The maximum atomic E-state index is 12.2. The SMILES string of the molecule is COc1ccc(NC(=O)CCNc2ccc(Oc3ccccc3)cc2)cc1OC. The molecular weight excluding hydrogens is 368 g/mol. The Bertz CT molecular complexity index is 927. The summed E-state index contributed by atoms with van der Waals surface area (Å²) in [7, 11) is 3.13. The van der Waals surface area contributed by atoms with E-state index in [9.17, 15) is 4.79 Å². The Morgan fingerprint density at radius 2 is 1.45 bits per heavy atom. The molecule has 0 aromatic heterocycles. The Labute approximate surface area is 170 Å². The molecule has 0 aliphatic heterocycles. The molecule has 29 heavy (non-hydrogen) atoms. The number of nitrogens with one attached hydrogen (secondary N) is 2. The second-order valence-electron chi connectivity index (χ2n) is 6.23. The van der Waals surface area contributed by atoms with Crippen LogP contribution in [0.4, 0.5) is 11.4 Å². The van der Waals surface area contributed by atoms with Crippen molar-refractivity contribution in [1.29, 1.82) is 0 Å². The average molecular weight is 392 g/mol. The number of anilines is 2. The molecule has 6 heteroatoms. The zero-order chi connectivity index (χ0) is 20.5. The molecule has 0 aliphatic rings. The molecule has 6 nitrogen and oxygen atoms in total. The Morgan fingerprint density at radius 1 is 0.793 bits per heavy atom. The van der Waals surface area contributed by atoms with Crippen LogP contribution in [-0.4, -0.2) is 26.7 Å². The van der Waals surface area contributed by atoms with Crippen molar-refractivity contribution in [3.8, 4) is 23.0 Å². The molecule has 0 heterocycles. The van der Waals surface area contributed by atoms with E-state index in [4.69, 9.17) is 14.2 Å². The van der Waals surface area contributed by atoms with Crippen LogP contribution >= 0.6 is 0 Å². The van der Waals surface area contributed by atoms with E-state index >= 15 is 0 Å². The van der Waals surface area contributed by atoms with Crippen LogP contribution in [0.3, 0.4) is 0 Å². The molecule has 0 radical (unpaired) electrons. The molecule has 3 aromatic carbocycles. The van der Waals surface area contributed by atoms with Gasteiger partial charge in [0.1, 0.15) is 11.5 Å². The summed E-state index contributed by atoms with van der Waals surface area (Å²) in [5.41, 5.74) is 1.58. The highest BCUT2D eigenvalue weighted by Gasteiger charge is 2.07. The smallest absolute Gasteiger partial charge is 0.226 e. The average Bonchev–Trinajstić information content (AvgIpc) is 2.75. The van der Waals surface area contributed by atoms with E-state index in [0.29, 0.717) is 30.2 Å². The molecule has 0 aliphatic carbocycles. The first-order valence-electron chi connectivity index (χ1n) is 9.26. The summed E-state index contributed by atoms with van der Waals surface area (Å²) in [5, 5.41) is 6.09. The minimum absolute atomic E-state index is 0.0891. The molecule has 0 saturated carbocycles. The number of hydrogen-bond donors (Lipinski definition) is 2. The van der Waals surface area contributed by atoms with Gasteiger partial charge in [-0.1, -0.05) is 18.2 Å². The third kappa shape index (κ3) is 5.90. The predicted octanol–water partition coefficient (Wildman–Crippen LogP) is 4.94. The lowest BCUT2D eigenvalue weighted by molar-refractivity contribution is -0.115. The van der Waals surface area contributed by atoms with Crippen LogP contribution in [0.5, 0.6) is 23.0 Å². The van der Waals surface area contributed by atoms with Crippen molar-refractivity contribution >= 4 is 17.3 Å². The summed E-state index contributed by atoms with van der Waals surface area (Å²) in [5.74, 6) is 2.65. The number of carbonyl (C=O) groups is 1. The minimum atomic E-state index is -0.0891. The number of rotatable bonds is 9. The molecule has 0 saturated heterocycles. The fourth-order valence-electron chi connectivity index (χ4n) is 2.72. The number of methoxy groups -OCH3 is 2. The Kier molecular flexibility index (Phi) is 6.95. The van der Waals surface area contributed by atoms with Gasteiger partial charge < -0.3 is 24.8 Å². The molecule has 0 unspecified atom stereocenters. The fraction of sp³-hybridized carbons (Fsp3) is 0.174. The topological polar surface area (TPSA) is 68.8 Å². The minimum Gasteiger partial charge on any atom is -0.493 e. The van der Waals surface area contributed by atoms with Crippen molar-refractivity contribution in [2.45, 2.75) is 6.42 Å². The van der Waals surface area contributed by atoms with Crippen molar-refractivity contribution in [3.63, 3.8) is 0 Å². The van der Waals surface area contributed by atoms with Gasteiger partial charge in [0, 0.05) is 30.4 Å². The molecule has 3 rings (SSSR count). The van der Waals surface area contributed by atoms with Gasteiger partial charge >= 0.3 is 0 Å². The van der Waals surface area contributed by atoms with Crippen LogP contribution in [0, 0.1) is 0 Å². The van der Waals surface area contributed by atoms with Gasteiger partial charge in [-0.2, -0.15) is 0 Å². The van der Waals surface area contributed by atoms with E-state index in [1.54, 1.807) is 32.4 Å². The highest BCUT2D eigenvalue weighted by molar-refractivity contribution is 5.91. The second-order valence-corrected chi connectivity index (χ2v) is 6.23. The van der Waals surface area contributed by atoms with Crippen LogP contribution in [0.2, 0.25) is 0 Å². The van der Waals surface area contributed by atoms with Crippen LogP contribution in [0.25, 0.3) is 0 Å². The van der Waals surface area contributed by atoms with E-state index < -0.39 is 0 Å². The third-order valence-corrected chi connectivity index (χ3v) is 4.18. The molecule has 2 N–H and O–H groups in total. The molecule has 0 fully saturated rings. The Morgan fingerprint density at radius 3 is 2.14 bits per heavy atom. The van der Waals surface area contributed by atoms with Gasteiger partial charge in [0.2, 0.25) is 5.91 Å². The number of carbonyl (C=O) groups excluding carboxylic acids is 1. The zero-order valence-corrected chi connectivity index (χ0v) is 16.5. The lowest BCUT2D eigenvalue weighted by atomic mass is 10.2. The van der Waals surface area contributed by atoms with Crippen LogP contribution in [-0.2, 0) is 4.79 Å². The van der Waals surface area contributed by atoms with Gasteiger partial charge in [-0.3, -0.25) is 4.79 Å². The molecule has 0 spiro atoms. The highest BCUT2D eigenvalue weighted by atomic mass is 16.5. The zero-order valence-electron chi connectivity index (χ0n) is 16.5. The van der Waals surface area contributed by atoms with E-state index in [1.807, 2.05) is 54.6 Å². The first kappa shape index (κ1) is 20.1. The maximum Gasteiger partial charge on any atom is 0.226 e. The van der Waals surface area contributed by atoms with E-state index in [-0.39, 0.29) is 5.91 Å². The second kappa shape index (κ2) is 10.0. The molecule has 0 atom stereocenters. The molecule has 1 amide bonds. The molecule has 150 valence electrons. The highest BCUT2D eigenvalue weighted by Crippen LogP contribution is 2.29. The molecule has 3 aromatic rings. The van der Waals surface area contributed by atoms with Crippen LogP contribution in [0.1, 0.15) is 6.42 Å². The normalized spacial score (nSPS) is 10.1. The number of hydrogen-bond acceptors (Lipinski definition) is 5. The Hall–Kier alpha value is -3.67. The van der Waals surface area contributed by atoms with Crippen molar-refractivity contribution in [1.82, 2.24) is 0 Å². The van der Waals surface area contributed by atoms with Crippen molar-refractivity contribution < 1.29 is 19.0 Å². The van der Waals surface area contributed by atoms with E-state index in [1.165, 1.54) is 0 Å². The number of ether oxygens (including phenoxy) is 3. The standard InChI is InChI=1S/C23H24N2O4/c1-27-21-13-10-18(16-22(21)28-2)25-23(26)14-15-24-17-8-11-20(12-9-17)29-19-6-4-3-5-7-19/h3-13,16,24H,14-15H2,1-2H3,(H,25,26). The maximum absolute atomic E-state index is 12.2. The van der Waals surface area contributed by atoms with E-state index in [2.05, 4.69) is 10.6 Å². The lowest BCUT2D eigenvalue weighted by Gasteiger charge is -2.11. The Balaban J connectivity index is 1.45. The summed E-state index contributed by atoms with van der Waals surface area (Å²) >= 11 is 0. The first-order valence-corrected chi connectivity index (χ1v) is 9.26. The lowest BCUT2D eigenvalue weighted by Crippen LogP contribution is -2.16. The number of benzene rings is 3. The van der Waals surface area contributed by atoms with Gasteiger partial charge in [-0.15, -0.1) is 0 Å². The first-order chi connectivity index (χ1) is 14.2. The third-order valence-electron chi connectivity index (χ3n) is 4.18. The molecular formula is C23H24N2O4. The summed E-state index contributed by atoms with van der Waals surface area (Å²) in [6, 6.07) is 22.5. The summed E-state index contributed by atoms with van der Waals surface area (Å²) in [4.78, 5) is 12.2. The van der Waals surface area contributed by atoms with Crippen LogP contribution in [0.15, 0.2) is 72.8 Å². The van der Waals surface area contributed by atoms with Gasteiger partial charge in [-0.25, -0.2) is 0 Å². The quantitative estimate of drug-likeness (QED) is 0.540. The monoisotopic (exact) mass is 392 g/mol. The number of para-hydroxylation sites is 1.